The lowest BCUT2D eigenvalue weighted by molar-refractivity contribution is 0.0318. The molecule has 5 rings (SSSR count). The second kappa shape index (κ2) is 11.2. The van der Waals surface area contributed by atoms with E-state index in [-0.39, 0.29) is 6.04 Å². The fourth-order valence-corrected chi connectivity index (χ4v) is 6.79. The van der Waals surface area contributed by atoms with Crippen LogP contribution in [0.4, 0.5) is 0 Å². The topological polar surface area (TPSA) is 6.48 Å². The maximum atomic E-state index is 6.72. The number of hydrogen-bond donors (Lipinski definition) is 0. The Balaban J connectivity index is 1.27. The second-order valence-electron chi connectivity index (χ2n) is 10.0. The fraction of sp³-hybridized carbons (Fsp3) is 0.448. The molecule has 0 radical (unpaired) electrons. The third-order valence-corrected chi connectivity index (χ3v) is 8.81. The van der Waals surface area contributed by atoms with Crippen LogP contribution in [0.25, 0.3) is 0 Å². The van der Waals surface area contributed by atoms with Crippen LogP contribution in [0.2, 0.25) is 5.02 Å². The van der Waals surface area contributed by atoms with Crippen LogP contribution in [0.3, 0.4) is 0 Å². The quantitative estimate of drug-likeness (QED) is 0.400. The molecule has 3 aliphatic rings. The first-order chi connectivity index (χ1) is 16.6. The first-order valence-corrected chi connectivity index (χ1v) is 13.7. The highest BCUT2D eigenvalue weighted by Crippen LogP contribution is 2.40. The Bertz CT molecular complexity index is 1010. The van der Waals surface area contributed by atoms with Crippen LogP contribution in [-0.2, 0) is 6.42 Å². The molecule has 0 amide bonds. The monoisotopic (exact) mass is 514 g/mol. The van der Waals surface area contributed by atoms with Gasteiger partial charge in [-0.25, -0.2) is 0 Å². The van der Waals surface area contributed by atoms with Crippen LogP contribution in [0.15, 0.2) is 76.8 Å². The number of piperidine rings is 2. The number of likely N-dealkylation sites (tertiary alicyclic amines) is 2. The van der Waals surface area contributed by atoms with Gasteiger partial charge in [-0.1, -0.05) is 83.3 Å². The van der Waals surface area contributed by atoms with Crippen molar-refractivity contribution in [3.8, 4) is 0 Å². The standard InChI is InChI=1S/C29H33Cl3N2/c30-24-8-6-23(7-9-24)29-20-26(14-17-34(29)28-11-10-25(31)19-27(28)32)33-15-12-22(13-16-33)18-21-4-2-1-3-5-21/h1-10,19,22,26,28-29H,11-18,20H2. The molecule has 2 saturated heterocycles. The predicted octanol–water partition coefficient (Wildman–Crippen LogP) is 7.82. The minimum atomic E-state index is 0.197. The summed E-state index contributed by atoms with van der Waals surface area (Å²) in [6.45, 7) is 3.46. The van der Waals surface area contributed by atoms with Crippen molar-refractivity contribution in [1.82, 2.24) is 9.80 Å². The van der Waals surface area contributed by atoms with E-state index >= 15 is 0 Å². The van der Waals surface area contributed by atoms with Gasteiger partial charge in [0.05, 0.1) is 0 Å². The first kappa shape index (κ1) is 24.4. The summed E-state index contributed by atoms with van der Waals surface area (Å²) in [7, 11) is 0. The van der Waals surface area contributed by atoms with E-state index in [0.29, 0.717) is 12.1 Å². The Kier molecular flexibility index (Phi) is 8.03. The van der Waals surface area contributed by atoms with Crippen molar-refractivity contribution < 1.29 is 0 Å². The zero-order valence-electron chi connectivity index (χ0n) is 19.6. The number of benzene rings is 2. The van der Waals surface area contributed by atoms with Crippen molar-refractivity contribution in [3.63, 3.8) is 0 Å². The minimum Gasteiger partial charge on any atom is -0.300 e. The number of halogens is 3. The summed E-state index contributed by atoms with van der Waals surface area (Å²) in [5.74, 6) is 0.800. The van der Waals surface area contributed by atoms with Gasteiger partial charge in [-0.3, -0.25) is 4.90 Å². The molecule has 0 saturated carbocycles. The van der Waals surface area contributed by atoms with Crippen LogP contribution in [0.5, 0.6) is 0 Å². The fourth-order valence-electron chi connectivity index (χ4n) is 6.07. The van der Waals surface area contributed by atoms with Crippen molar-refractivity contribution >= 4 is 34.8 Å². The number of allylic oxidation sites excluding steroid dienone is 2. The summed E-state index contributed by atoms with van der Waals surface area (Å²) in [6, 6.07) is 20.5. The smallest absolute Gasteiger partial charge is 0.0496 e. The van der Waals surface area contributed by atoms with Gasteiger partial charge in [0.2, 0.25) is 0 Å². The van der Waals surface area contributed by atoms with Crippen molar-refractivity contribution in [2.24, 2.45) is 5.92 Å². The Morgan fingerprint density at radius 1 is 0.794 bits per heavy atom. The number of nitrogens with zero attached hydrogens (tertiary/aromatic N) is 2. The highest BCUT2D eigenvalue weighted by atomic mass is 35.5. The van der Waals surface area contributed by atoms with Gasteiger partial charge in [0.15, 0.2) is 0 Å². The molecule has 0 aromatic heterocycles. The summed E-state index contributed by atoms with van der Waals surface area (Å²) < 4.78 is 0. The average molecular weight is 516 g/mol. The molecule has 2 heterocycles. The van der Waals surface area contributed by atoms with Gasteiger partial charge in [0, 0.05) is 39.8 Å². The summed E-state index contributed by atoms with van der Waals surface area (Å²) >= 11 is 19.2. The van der Waals surface area contributed by atoms with Gasteiger partial charge in [0.1, 0.15) is 0 Å². The molecule has 34 heavy (non-hydrogen) atoms. The molecule has 0 bridgehead atoms. The van der Waals surface area contributed by atoms with E-state index in [9.17, 15) is 0 Å². The molecular formula is C29H33Cl3N2. The van der Waals surface area contributed by atoms with Gasteiger partial charge >= 0.3 is 0 Å². The molecule has 2 aromatic rings. The Morgan fingerprint density at radius 3 is 2.24 bits per heavy atom. The molecule has 1 aliphatic carbocycles. The van der Waals surface area contributed by atoms with Gasteiger partial charge in [-0.05, 0) is 86.9 Å². The van der Waals surface area contributed by atoms with Crippen molar-refractivity contribution in [2.75, 3.05) is 19.6 Å². The predicted molar refractivity (Wildman–Crippen MR) is 145 cm³/mol. The van der Waals surface area contributed by atoms with E-state index < -0.39 is 0 Å². The van der Waals surface area contributed by atoms with E-state index in [2.05, 4.69) is 58.3 Å². The molecule has 0 N–H and O–H groups in total. The van der Waals surface area contributed by atoms with Crippen LogP contribution < -0.4 is 0 Å². The van der Waals surface area contributed by atoms with Crippen LogP contribution in [-0.4, -0.2) is 41.5 Å². The Labute approximate surface area is 219 Å². The van der Waals surface area contributed by atoms with Crippen LogP contribution in [0.1, 0.15) is 49.3 Å². The highest BCUT2D eigenvalue weighted by Gasteiger charge is 2.38. The van der Waals surface area contributed by atoms with E-state index in [1.54, 1.807) is 0 Å². The summed E-state index contributed by atoms with van der Waals surface area (Å²) in [5.41, 5.74) is 2.81. The van der Waals surface area contributed by atoms with Crippen LogP contribution in [0, 0.1) is 5.92 Å². The van der Waals surface area contributed by atoms with E-state index in [4.69, 9.17) is 34.8 Å². The summed E-state index contributed by atoms with van der Waals surface area (Å²) in [5, 5.41) is 2.39. The normalized spacial score (nSPS) is 27.3. The van der Waals surface area contributed by atoms with Crippen molar-refractivity contribution in [2.45, 2.75) is 56.7 Å². The lowest BCUT2D eigenvalue weighted by atomic mass is 9.85. The molecule has 2 nitrogen and oxygen atoms in total. The largest absolute Gasteiger partial charge is 0.300 e. The number of rotatable bonds is 5. The molecule has 180 valence electrons. The Hall–Kier alpha value is -1.29. The van der Waals surface area contributed by atoms with Gasteiger partial charge in [-0.2, -0.15) is 0 Å². The maximum Gasteiger partial charge on any atom is 0.0496 e. The molecule has 2 aliphatic heterocycles. The maximum absolute atomic E-state index is 6.72. The van der Waals surface area contributed by atoms with Crippen molar-refractivity contribution in [1.29, 1.82) is 0 Å². The van der Waals surface area contributed by atoms with E-state index in [1.807, 2.05) is 18.2 Å². The minimum absolute atomic E-state index is 0.197. The summed E-state index contributed by atoms with van der Waals surface area (Å²) in [4.78, 5) is 5.36. The SMILES string of the molecule is ClC1=CCC(N2CCC(N3CCC(Cc4ccccc4)CC3)CC2c2ccc(Cl)cc2)C(Cl)=C1. The van der Waals surface area contributed by atoms with Gasteiger partial charge in [0.25, 0.3) is 0 Å². The van der Waals surface area contributed by atoms with E-state index in [0.717, 1.165) is 40.4 Å². The third-order valence-electron chi connectivity index (χ3n) is 7.93. The van der Waals surface area contributed by atoms with Crippen molar-refractivity contribution in [3.05, 3.63) is 93.0 Å². The molecule has 3 atom stereocenters. The van der Waals surface area contributed by atoms with Crippen LogP contribution >= 0.6 is 34.8 Å². The molecule has 0 spiro atoms. The third kappa shape index (κ3) is 5.74. The second-order valence-corrected chi connectivity index (χ2v) is 11.3. The zero-order chi connectivity index (χ0) is 23.5. The van der Waals surface area contributed by atoms with E-state index in [1.165, 1.54) is 49.9 Å². The Morgan fingerprint density at radius 2 is 1.53 bits per heavy atom. The molecular weight excluding hydrogens is 483 g/mol. The molecule has 5 heteroatoms. The summed E-state index contributed by atoms with van der Waals surface area (Å²) in [6.07, 6.45) is 11.0. The lowest BCUT2D eigenvalue weighted by Gasteiger charge is -2.48. The lowest BCUT2D eigenvalue weighted by Crippen LogP contribution is -2.51. The molecule has 2 fully saturated rings. The zero-order valence-corrected chi connectivity index (χ0v) is 21.8. The first-order valence-electron chi connectivity index (χ1n) is 12.6. The highest BCUT2D eigenvalue weighted by molar-refractivity contribution is 6.35. The van der Waals surface area contributed by atoms with Gasteiger partial charge in [-0.15, -0.1) is 0 Å². The molecule has 2 aromatic carbocycles. The average Bonchev–Trinajstić information content (AvgIpc) is 2.86. The van der Waals surface area contributed by atoms with Gasteiger partial charge < -0.3 is 4.90 Å². The molecule has 3 unspecified atom stereocenters. The number of hydrogen-bond acceptors (Lipinski definition) is 2.